The van der Waals surface area contributed by atoms with Crippen molar-refractivity contribution in [3.05, 3.63) is 71.8 Å². The Kier molecular flexibility index (Phi) is 16.4. The fourth-order valence-corrected chi connectivity index (χ4v) is 4.80. The molecule has 2 aromatic carbocycles. The molecule has 1 N–H and O–H groups in total. The first-order chi connectivity index (χ1) is 17.2. The van der Waals surface area contributed by atoms with Gasteiger partial charge in [-0.3, -0.25) is 4.90 Å². The number of rotatable bonds is 21. The monoisotopic (exact) mass is 483 g/mol. The van der Waals surface area contributed by atoms with E-state index in [1.165, 1.54) is 81.8 Å². The third-order valence-corrected chi connectivity index (χ3v) is 6.94. The third kappa shape index (κ3) is 14.4. The Morgan fingerprint density at radius 2 is 1.03 bits per heavy atom. The number of benzene rings is 2. The minimum absolute atomic E-state index is 0.351. The van der Waals surface area contributed by atoms with Crippen LogP contribution in [0, 0.1) is 0 Å². The lowest BCUT2D eigenvalue weighted by Crippen LogP contribution is -2.37. The van der Waals surface area contributed by atoms with E-state index in [1.54, 1.807) is 0 Å². The van der Waals surface area contributed by atoms with Gasteiger partial charge in [-0.1, -0.05) is 151 Å². The van der Waals surface area contributed by atoms with Crippen LogP contribution in [0.15, 0.2) is 60.7 Å². The molecule has 2 aromatic rings. The molecule has 0 heterocycles. The van der Waals surface area contributed by atoms with E-state index in [4.69, 9.17) is 0 Å². The van der Waals surface area contributed by atoms with Crippen molar-refractivity contribution in [2.45, 2.75) is 122 Å². The lowest BCUT2D eigenvalue weighted by atomic mass is 10.0. The highest BCUT2D eigenvalue weighted by Crippen LogP contribution is 2.17. The van der Waals surface area contributed by atoms with E-state index in [0.29, 0.717) is 26.1 Å². The molecule has 0 bridgehead atoms. The molecule has 35 heavy (non-hydrogen) atoms. The Morgan fingerprint density at radius 3 is 1.46 bits per heavy atom. The molecule has 2 nitrogen and oxygen atoms in total. The fraction of sp³-hybridized carbons (Fsp3) is 0.625. The highest BCUT2D eigenvalue weighted by Gasteiger charge is 2.21. The second kappa shape index (κ2) is 19.5. The van der Waals surface area contributed by atoms with Gasteiger partial charge in [-0.2, -0.15) is 0 Å². The molecule has 0 amide bonds. The summed E-state index contributed by atoms with van der Waals surface area (Å²) in [6, 6.07) is 20.5. The van der Waals surface area contributed by atoms with Crippen molar-refractivity contribution in [3.8, 4) is 0 Å². The predicted octanol–water partition coefficient (Wildman–Crippen LogP) is 8.87. The van der Waals surface area contributed by atoms with E-state index in [-0.39, 0.29) is 0 Å². The molecule has 0 saturated heterocycles. The molecular weight excluding hydrogens is 433 g/mol. The molecule has 196 valence electrons. The number of alkyl halides is 1. The molecule has 2 rings (SSSR count). The van der Waals surface area contributed by atoms with Crippen LogP contribution in [-0.2, 0) is 13.1 Å². The summed E-state index contributed by atoms with van der Waals surface area (Å²) >= 11 is 0. The van der Waals surface area contributed by atoms with Crippen LogP contribution in [0.2, 0.25) is 0 Å². The van der Waals surface area contributed by atoms with Gasteiger partial charge < -0.3 is 5.11 Å². The van der Waals surface area contributed by atoms with Crippen molar-refractivity contribution in [2.24, 2.45) is 0 Å². The van der Waals surface area contributed by atoms with Crippen molar-refractivity contribution >= 4 is 0 Å². The molecule has 0 aliphatic heterocycles. The topological polar surface area (TPSA) is 23.5 Å². The maximum Gasteiger partial charge on any atom is 0.127 e. The van der Waals surface area contributed by atoms with Crippen molar-refractivity contribution in [2.75, 3.05) is 6.54 Å². The normalized spacial score (nSPS) is 13.3. The summed E-state index contributed by atoms with van der Waals surface area (Å²) in [7, 11) is 0. The Balaban J connectivity index is 1.59. The van der Waals surface area contributed by atoms with E-state index < -0.39 is 12.3 Å². The summed E-state index contributed by atoms with van der Waals surface area (Å²) < 4.78 is 14.8. The van der Waals surface area contributed by atoms with Gasteiger partial charge in [0, 0.05) is 19.6 Å². The molecule has 0 fully saturated rings. The minimum atomic E-state index is -1.16. The van der Waals surface area contributed by atoms with Crippen molar-refractivity contribution in [1.29, 1.82) is 0 Å². The van der Waals surface area contributed by atoms with Gasteiger partial charge in [0.15, 0.2) is 0 Å². The van der Waals surface area contributed by atoms with Crippen LogP contribution in [0.1, 0.15) is 108 Å². The molecule has 0 radical (unpaired) electrons. The Hall–Kier alpha value is -1.71. The van der Waals surface area contributed by atoms with E-state index in [2.05, 4.69) is 36.1 Å². The lowest BCUT2D eigenvalue weighted by molar-refractivity contribution is 0.0337. The number of hydrogen-bond donors (Lipinski definition) is 1. The lowest BCUT2D eigenvalue weighted by Gasteiger charge is -2.27. The number of nitrogens with zero attached hydrogens (tertiary/aromatic N) is 1. The van der Waals surface area contributed by atoms with Gasteiger partial charge >= 0.3 is 0 Å². The van der Waals surface area contributed by atoms with Gasteiger partial charge in [-0.15, -0.1) is 0 Å². The maximum absolute atomic E-state index is 14.8. The summed E-state index contributed by atoms with van der Waals surface area (Å²) in [6.45, 7) is 4.03. The second-order valence-corrected chi connectivity index (χ2v) is 10.3. The average Bonchev–Trinajstić information content (AvgIpc) is 2.88. The van der Waals surface area contributed by atoms with Gasteiger partial charge in [0.25, 0.3) is 0 Å². The van der Waals surface area contributed by atoms with Gasteiger partial charge in [0.2, 0.25) is 0 Å². The standard InChI is InChI=1S/C32H50FNO/c1-2-3-4-5-6-7-8-9-10-11-12-13-20-25-31(33)32(35)28-34(26-29-21-16-14-17-22-29)27-30-23-18-15-19-24-30/h14-19,21-24,31-32,35H,2-13,20,25-28H2,1H3/t31-,32+/m0/s1. The van der Waals surface area contributed by atoms with Crippen molar-refractivity contribution in [1.82, 2.24) is 4.90 Å². The highest BCUT2D eigenvalue weighted by molar-refractivity contribution is 5.17. The summed E-state index contributed by atoms with van der Waals surface area (Å²) in [5, 5.41) is 10.6. The highest BCUT2D eigenvalue weighted by atomic mass is 19.1. The van der Waals surface area contributed by atoms with Gasteiger partial charge in [-0.05, 0) is 17.5 Å². The van der Waals surface area contributed by atoms with Crippen LogP contribution in [0.4, 0.5) is 4.39 Å². The van der Waals surface area contributed by atoms with Crippen molar-refractivity contribution in [3.63, 3.8) is 0 Å². The zero-order valence-corrected chi connectivity index (χ0v) is 22.2. The molecule has 0 spiro atoms. The van der Waals surface area contributed by atoms with Crippen LogP contribution in [-0.4, -0.2) is 28.8 Å². The number of aliphatic hydroxyl groups excluding tert-OH is 1. The number of halogens is 1. The molecule has 0 aliphatic rings. The Labute approximate surface area is 215 Å². The first-order valence-electron chi connectivity index (χ1n) is 14.3. The quantitative estimate of drug-likeness (QED) is 0.179. The van der Waals surface area contributed by atoms with Crippen LogP contribution in [0.25, 0.3) is 0 Å². The van der Waals surface area contributed by atoms with Crippen LogP contribution >= 0.6 is 0 Å². The molecule has 0 unspecified atom stereocenters. The molecular formula is C32H50FNO. The molecule has 3 heteroatoms. The Bertz CT molecular complexity index is 681. The van der Waals surface area contributed by atoms with E-state index in [1.807, 2.05) is 36.4 Å². The zero-order valence-electron chi connectivity index (χ0n) is 22.2. The summed E-state index contributed by atoms with van der Waals surface area (Å²) in [5.74, 6) is 0. The molecule has 0 aromatic heterocycles. The first kappa shape index (κ1) is 29.5. The molecule has 0 saturated carbocycles. The third-order valence-electron chi connectivity index (χ3n) is 6.94. The SMILES string of the molecule is CCCCCCCCCCCCCCC[C@H](F)[C@H](O)CN(Cc1ccccc1)Cc1ccccc1. The van der Waals surface area contributed by atoms with E-state index in [0.717, 1.165) is 12.8 Å². The summed E-state index contributed by atoms with van der Waals surface area (Å²) in [5.41, 5.74) is 2.37. The smallest absolute Gasteiger partial charge is 0.127 e. The van der Waals surface area contributed by atoms with Crippen LogP contribution < -0.4 is 0 Å². The largest absolute Gasteiger partial charge is 0.389 e. The Morgan fingerprint density at radius 1 is 0.629 bits per heavy atom. The minimum Gasteiger partial charge on any atom is -0.389 e. The average molecular weight is 484 g/mol. The summed E-state index contributed by atoms with van der Waals surface area (Å²) in [6.07, 6.45) is 15.1. The van der Waals surface area contributed by atoms with E-state index >= 15 is 0 Å². The first-order valence-corrected chi connectivity index (χ1v) is 14.3. The van der Waals surface area contributed by atoms with Crippen LogP contribution in [0.3, 0.4) is 0 Å². The predicted molar refractivity (Wildman–Crippen MR) is 148 cm³/mol. The van der Waals surface area contributed by atoms with Crippen LogP contribution in [0.5, 0.6) is 0 Å². The van der Waals surface area contributed by atoms with Gasteiger partial charge in [-0.25, -0.2) is 4.39 Å². The number of aliphatic hydroxyl groups is 1. The van der Waals surface area contributed by atoms with E-state index in [9.17, 15) is 9.50 Å². The summed E-state index contributed by atoms with van der Waals surface area (Å²) in [4.78, 5) is 2.16. The van der Waals surface area contributed by atoms with Gasteiger partial charge in [0.1, 0.15) is 6.17 Å². The van der Waals surface area contributed by atoms with Crippen molar-refractivity contribution < 1.29 is 9.50 Å². The van der Waals surface area contributed by atoms with Gasteiger partial charge in [0.05, 0.1) is 6.10 Å². The second-order valence-electron chi connectivity index (χ2n) is 10.3. The number of hydrogen-bond acceptors (Lipinski definition) is 2. The fourth-order valence-electron chi connectivity index (χ4n) is 4.80. The molecule has 0 aliphatic carbocycles. The maximum atomic E-state index is 14.8. The zero-order chi connectivity index (χ0) is 25.0. The number of unbranched alkanes of at least 4 members (excludes halogenated alkanes) is 12. The molecule has 2 atom stereocenters.